The van der Waals surface area contributed by atoms with Crippen molar-refractivity contribution in [3.8, 4) is 17.2 Å². The number of allylic oxidation sites excluding steroid dienone is 4. The summed E-state index contributed by atoms with van der Waals surface area (Å²) in [6, 6.07) is 32.3. The minimum absolute atomic E-state index is 0.503. The molecule has 1 atom stereocenters. The van der Waals surface area contributed by atoms with Gasteiger partial charge in [-0.1, -0.05) is 79.7 Å². The van der Waals surface area contributed by atoms with Crippen LogP contribution in [0.15, 0.2) is 103 Å². The molecule has 1 unspecified atom stereocenters. The zero-order valence-electron chi connectivity index (χ0n) is 18.5. The quantitative estimate of drug-likeness (QED) is 0.272. The lowest BCUT2D eigenvalue weighted by Gasteiger charge is -2.23. The van der Waals surface area contributed by atoms with Gasteiger partial charge in [-0.25, -0.2) is 0 Å². The molecule has 0 bridgehead atoms. The third-order valence-corrected chi connectivity index (χ3v) is 7.03. The van der Waals surface area contributed by atoms with Crippen molar-refractivity contribution >= 4 is 33.0 Å². The molecule has 0 fully saturated rings. The molecule has 33 heavy (non-hydrogen) atoms. The Balaban J connectivity index is 1.48. The highest BCUT2D eigenvalue weighted by Gasteiger charge is 2.25. The fourth-order valence-corrected chi connectivity index (χ4v) is 5.40. The van der Waals surface area contributed by atoms with Gasteiger partial charge in [-0.2, -0.15) is 0 Å². The number of rotatable bonds is 2. The Labute approximate surface area is 193 Å². The second kappa shape index (κ2) is 6.98. The molecule has 1 aromatic heterocycles. The molecule has 0 N–H and O–H groups in total. The van der Waals surface area contributed by atoms with Gasteiger partial charge in [-0.3, -0.25) is 0 Å². The van der Waals surface area contributed by atoms with Crippen molar-refractivity contribution in [2.75, 3.05) is 0 Å². The summed E-state index contributed by atoms with van der Waals surface area (Å²) < 4.78 is 8.83. The number of benzene rings is 4. The highest BCUT2D eigenvalue weighted by Crippen LogP contribution is 2.47. The van der Waals surface area contributed by atoms with E-state index in [4.69, 9.17) is 4.74 Å². The molecule has 0 saturated carbocycles. The molecule has 4 aromatic carbocycles. The predicted octanol–water partition coefficient (Wildman–Crippen LogP) is 8.40. The zero-order valence-corrected chi connectivity index (χ0v) is 18.5. The van der Waals surface area contributed by atoms with E-state index in [0.29, 0.717) is 5.92 Å². The summed E-state index contributed by atoms with van der Waals surface area (Å²) in [7, 11) is 0. The minimum Gasteiger partial charge on any atom is -0.453 e. The van der Waals surface area contributed by atoms with Crippen LogP contribution >= 0.6 is 0 Å². The summed E-state index contributed by atoms with van der Waals surface area (Å²) >= 11 is 0. The molecule has 7 rings (SSSR count). The number of nitrogens with zero attached hydrogens (tertiary/aromatic N) is 1. The van der Waals surface area contributed by atoms with E-state index in [0.717, 1.165) is 29.1 Å². The van der Waals surface area contributed by atoms with Crippen LogP contribution in [0.5, 0.6) is 11.5 Å². The Morgan fingerprint density at radius 2 is 1.55 bits per heavy atom. The van der Waals surface area contributed by atoms with Crippen LogP contribution in [0.3, 0.4) is 0 Å². The van der Waals surface area contributed by atoms with Gasteiger partial charge in [-0.15, -0.1) is 0 Å². The first-order valence-electron chi connectivity index (χ1n) is 11.6. The van der Waals surface area contributed by atoms with Gasteiger partial charge in [0.2, 0.25) is 0 Å². The molecule has 5 aromatic rings. The fraction of sp³-hybridized carbons (Fsp3) is 0.0968. The second-order valence-electron chi connectivity index (χ2n) is 9.05. The normalized spacial score (nSPS) is 16.8. The first kappa shape index (κ1) is 18.5. The van der Waals surface area contributed by atoms with E-state index in [2.05, 4.69) is 109 Å². The summed E-state index contributed by atoms with van der Waals surface area (Å²) in [5.41, 5.74) is 8.64. The molecule has 2 heteroatoms. The summed E-state index contributed by atoms with van der Waals surface area (Å²) in [6.45, 7) is 2.31. The van der Waals surface area contributed by atoms with Gasteiger partial charge in [0.15, 0.2) is 11.5 Å². The molecule has 0 saturated heterocycles. The Hall–Kier alpha value is -4.04. The lowest BCUT2D eigenvalue weighted by molar-refractivity contribution is 0.476. The summed E-state index contributed by atoms with van der Waals surface area (Å²) in [5.74, 6) is 2.33. The van der Waals surface area contributed by atoms with Gasteiger partial charge in [0.05, 0.1) is 16.7 Å². The van der Waals surface area contributed by atoms with Gasteiger partial charge in [0.25, 0.3) is 0 Å². The highest BCUT2D eigenvalue weighted by atomic mass is 16.5. The third-order valence-electron chi connectivity index (χ3n) is 7.03. The number of ether oxygens (including phenoxy) is 1. The maximum absolute atomic E-state index is 6.47. The molecule has 2 nitrogen and oxygen atoms in total. The number of para-hydroxylation sites is 3. The van der Waals surface area contributed by atoms with E-state index in [1.54, 1.807) is 0 Å². The summed E-state index contributed by atoms with van der Waals surface area (Å²) in [5, 5.41) is 2.50. The minimum atomic E-state index is 0.503. The van der Waals surface area contributed by atoms with Crippen LogP contribution in [0.2, 0.25) is 0 Å². The first-order valence-corrected chi connectivity index (χ1v) is 11.6. The van der Waals surface area contributed by atoms with Crippen molar-refractivity contribution in [3.05, 3.63) is 114 Å². The number of fused-ring (bicyclic) bond motifs is 5. The molecule has 2 aliphatic rings. The molecular weight excluding hydrogens is 402 g/mol. The summed E-state index contributed by atoms with van der Waals surface area (Å²) in [6.07, 6.45) is 5.78. The van der Waals surface area contributed by atoms with Crippen molar-refractivity contribution < 1.29 is 4.74 Å². The fourth-order valence-electron chi connectivity index (χ4n) is 5.40. The Morgan fingerprint density at radius 1 is 0.758 bits per heavy atom. The van der Waals surface area contributed by atoms with Crippen LogP contribution < -0.4 is 4.74 Å². The molecule has 2 heterocycles. The van der Waals surface area contributed by atoms with Crippen LogP contribution in [0, 0.1) is 5.92 Å². The first-order chi connectivity index (χ1) is 16.3. The maximum atomic E-state index is 6.47. The van der Waals surface area contributed by atoms with Crippen LogP contribution in [0.4, 0.5) is 0 Å². The van der Waals surface area contributed by atoms with Gasteiger partial charge in [0.1, 0.15) is 0 Å². The van der Waals surface area contributed by atoms with Crippen molar-refractivity contribution in [3.63, 3.8) is 0 Å². The molecule has 1 aliphatic heterocycles. The summed E-state index contributed by atoms with van der Waals surface area (Å²) in [4.78, 5) is 0. The SMILES string of the molecule is CC1CC=C(c2cc3c4c(c2)c2ccccc2n4-c2ccccc2O3)C=C1c1ccccc1. The van der Waals surface area contributed by atoms with E-state index in [-0.39, 0.29) is 0 Å². The van der Waals surface area contributed by atoms with E-state index < -0.39 is 0 Å². The van der Waals surface area contributed by atoms with Gasteiger partial charge in [0, 0.05) is 10.8 Å². The topological polar surface area (TPSA) is 14.2 Å². The van der Waals surface area contributed by atoms with Crippen molar-refractivity contribution in [2.45, 2.75) is 13.3 Å². The average molecular weight is 426 g/mol. The molecule has 0 radical (unpaired) electrons. The van der Waals surface area contributed by atoms with Gasteiger partial charge < -0.3 is 9.30 Å². The van der Waals surface area contributed by atoms with E-state index in [9.17, 15) is 0 Å². The molecule has 158 valence electrons. The molecule has 0 spiro atoms. The van der Waals surface area contributed by atoms with Crippen LogP contribution in [0.25, 0.3) is 38.6 Å². The molecular formula is C31H23NO. The van der Waals surface area contributed by atoms with Gasteiger partial charge >= 0.3 is 0 Å². The van der Waals surface area contributed by atoms with Gasteiger partial charge in [-0.05, 0) is 64.9 Å². The van der Waals surface area contributed by atoms with E-state index in [1.807, 2.05) is 6.07 Å². The van der Waals surface area contributed by atoms with Crippen molar-refractivity contribution in [1.82, 2.24) is 4.57 Å². The van der Waals surface area contributed by atoms with Crippen LogP contribution in [0.1, 0.15) is 24.5 Å². The van der Waals surface area contributed by atoms with Crippen molar-refractivity contribution in [2.24, 2.45) is 5.92 Å². The van der Waals surface area contributed by atoms with E-state index >= 15 is 0 Å². The van der Waals surface area contributed by atoms with Crippen molar-refractivity contribution in [1.29, 1.82) is 0 Å². The second-order valence-corrected chi connectivity index (χ2v) is 9.05. The zero-order chi connectivity index (χ0) is 21.9. The largest absolute Gasteiger partial charge is 0.453 e. The Morgan fingerprint density at radius 3 is 2.45 bits per heavy atom. The number of aromatic nitrogens is 1. The number of hydrogen-bond donors (Lipinski definition) is 0. The monoisotopic (exact) mass is 425 g/mol. The predicted molar refractivity (Wildman–Crippen MR) is 137 cm³/mol. The molecule has 1 aliphatic carbocycles. The number of hydrogen-bond acceptors (Lipinski definition) is 1. The average Bonchev–Trinajstić information content (AvgIpc) is 3.21. The van der Waals surface area contributed by atoms with E-state index in [1.165, 1.54) is 38.6 Å². The lowest BCUT2D eigenvalue weighted by Crippen LogP contribution is -2.05. The van der Waals surface area contributed by atoms with Crippen LogP contribution in [-0.4, -0.2) is 4.57 Å². The van der Waals surface area contributed by atoms with Crippen LogP contribution in [-0.2, 0) is 0 Å². The smallest absolute Gasteiger partial charge is 0.152 e. The third kappa shape index (κ3) is 2.74. The molecule has 0 amide bonds. The standard InChI is InChI=1S/C31H23NO/c1-20-15-16-22(17-25(20)21-9-3-2-4-10-21)23-18-26-24-11-5-6-12-27(24)32-28-13-7-8-14-29(28)33-30(19-23)31(26)32/h2-14,16-20H,15H2,1H3. The Bertz CT molecular complexity index is 1620. The lowest BCUT2D eigenvalue weighted by atomic mass is 9.83. The maximum Gasteiger partial charge on any atom is 0.152 e. The highest BCUT2D eigenvalue weighted by molar-refractivity contribution is 6.13. The Kier molecular flexibility index (Phi) is 3.92.